The smallest absolute Gasteiger partial charge is 0.337 e. The summed E-state index contributed by atoms with van der Waals surface area (Å²) < 4.78 is 4.87. The molecule has 6 nitrogen and oxygen atoms in total. The first-order valence-corrected chi connectivity index (χ1v) is 6.60. The fraction of sp³-hybridized carbons (Fsp3) is 0.308. The molecule has 1 heterocycles. The van der Waals surface area contributed by atoms with Crippen LogP contribution in [-0.4, -0.2) is 23.9 Å². The van der Waals surface area contributed by atoms with Crippen LogP contribution in [0.25, 0.3) is 0 Å². The van der Waals surface area contributed by atoms with E-state index in [9.17, 15) is 4.79 Å². The van der Waals surface area contributed by atoms with E-state index < -0.39 is 12.1 Å². The number of carbonyl (C=O) groups excluding carboxylic acids is 1. The van der Waals surface area contributed by atoms with Crippen LogP contribution in [0.15, 0.2) is 36.7 Å². The highest BCUT2D eigenvalue weighted by molar-refractivity contribution is 6.30. The average molecular weight is 298 g/mol. The van der Waals surface area contributed by atoms with Crippen molar-refractivity contribution in [1.82, 2.24) is 10.7 Å². The summed E-state index contributed by atoms with van der Waals surface area (Å²) in [6.07, 6.45) is 2.73. The van der Waals surface area contributed by atoms with Crippen molar-refractivity contribution in [2.24, 2.45) is 0 Å². The number of anilines is 1. The summed E-state index contributed by atoms with van der Waals surface area (Å²) in [5.74, 6) is -0.410. The van der Waals surface area contributed by atoms with Crippen LogP contribution in [0.4, 0.5) is 5.69 Å². The summed E-state index contributed by atoms with van der Waals surface area (Å²) in [5.41, 5.74) is 3.83. The van der Waals surface area contributed by atoms with E-state index in [1.807, 2.05) is 12.1 Å². The minimum atomic E-state index is -0.697. The Kier molecular flexibility index (Phi) is 4.84. The SMILES string of the molecule is CCOC(=O)C(C)ON1C=CN(c2ccc(Cl)cc2)N1. The van der Waals surface area contributed by atoms with Gasteiger partial charge in [0.2, 0.25) is 0 Å². The molecular weight excluding hydrogens is 282 g/mol. The fourth-order valence-corrected chi connectivity index (χ4v) is 1.70. The molecular formula is C13H16ClN3O3. The number of ether oxygens (including phenoxy) is 1. The van der Waals surface area contributed by atoms with E-state index in [0.717, 1.165) is 5.69 Å². The molecule has 0 aromatic heterocycles. The zero-order valence-electron chi connectivity index (χ0n) is 11.2. The van der Waals surface area contributed by atoms with Gasteiger partial charge in [0, 0.05) is 11.2 Å². The van der Waals surface area contributed by atoms with E-state index in [1.165, 1.54) is 5.17 Å². The Morgan fingerprint density at radius 3 is 2.70 bits per heavy atom. The summed E-state index contributed by atoms with van der Waals surface area (Å²) in [5, 5.41) is 3.74. The molecule has 1 aliphatic heterocycles. The van der Waals surface area contributed by atoms with Gasteiger partial charge in [0.15, 0.2) is 6.10 Å². The third-order valence-electron chi connectivity index (χ3n) is 2.55. The van der Waals surface area contributed by atoms with Crippen molar-refractivity contribution in [2.75, 3.05) is 11.6 Å². The number of hydroxylamine groups is 1. The number of carbonyl (C=O) groups is 1. The van der Waals surface area contributed by atoms with Crippen molar-refractivity contribution < 1.29 is 14.4 Å². The molecule has 0 saturated carbocycles. The number of benzene rings is 1. The maximum Gasteiger partial charge on any atom is 0.337 e. The molecule has 108 valence electrons. The summed E-state index contributed by atoms with van der Waals surface area (Å²) in [6.45, 7) is 3.70. The number of rotatable bonds is 5. The number of esters is 1. The van der Waals surface area contributed by atoms with E-state index in [1.54, 1.807) is 43.4 Å². The Bertz CT molecular complexity index is 492. The number of nitrogens with zero attached hydrogens (tertiary/aromatic N) is 2. The van der Waals surface area contributed by atoms with Gasteiger partial charge in [0.25, 0.3) is 0 Å². The van der Waals surface area contributed by atoms with Gasteiger partial charge in [0.1, 0.15) is 0 Å². The zero-order valence-corrected chi connectivity index (χ0v) is 12.0. The lowest BCUT2D eigenvalue weighted by Gasteiger charge is -2.23. The van der Waals surface area contributed by atoms with Gasteiger partial charge in [-0.15, -0.1) is 5.53 Å². The lowest BCUT2D eigenvalue weighted by Crippen LogP contribution is -2.42. The highest BCUT2D eigenvalue weighted by Gasteiger charge is 2.21. The maximum atomic E-state index is 11.5. The van der Waals surface area contributed by atoms with E-state index in [2.05, 4.69) is 5.53 Å². The molecule has 20 heavy (non-hydrogen) atoms. The molecule has 0 spiro atoms. The number of hydrogen-bond donors (Lipinski definition) is 1. The van der Waals surface area contributed by atoms with Gasteiger partial charge in [0.05, 0.1) is 18.5 Å². The molecule has 1 unspecified atom stereocenters. The van der Waals surface area contributed by atoms with E-state index in [0.29, 0.717) is 11.6 Å². The minimum absolute atomic E-state index is 0.326. The van der Waals surface area contributed by atoms with Crippen LogP contribution >= 0.6 is 11.6 Å². The predicted octanol–water partition coefficient (Wildman–Crippen LogP) is 2.24. The Balaban J connectivity index is 1.88. The lowest BCUT2D eigenvalue weighted by molar-refractivity contribution is -0.205. The van der Waals surface area contributed by atoms with Gasteiger partial charge >= 0.3 is 5.97 Å². The Hall–Kier alpha value is -1.76. The summed E-state index contributed by atoms with van der Waals surface area (Å²) >= 11 is 5.84. The molecule has 1 aromatic rings. The molecule has 1 aliphatic rings. The number of hydrazine groups is 2. The van der Waals surface area contributed by atoms with Crippen molar-refractivity contribution in [2.45, 2.75) is 20.0 Å². The number of halogens is 1. The van der Waals surface area contributed by atoms with Crippen molar-refractivity contribution in [3.8, 4) is 0 Å². The Morgan fingerprint density at radius 1 is 1.35 bits per heavy atom. The van der Waals surface area contributed by atoms with Gasteiger partial charge in [-0.05, 0) is 38.1 Å². The maximum absolute atomic E-state index is 11.5. The first kappa shape index (κ1) is 14.6. The molecule has 0 bridgehead atoms. The molecule has 7 heteroatoms. The molecule has 0 fully saturated rings. The van der Waals surface area contributed by atoms with Crippen LogP contribution in [0.5, 0.6) is 0 Å². The normalized spacial score (nSPS) is 15.6. The molecule has 0 saturated heterocycles. The number of nitrogens with one attached hydrogen (secondary N) is 1. The van der Waals surface area contributed by atoms with Gasteiger partial charge in [-0.1, -0.05) is 11.6 Å². The lowest BCUT2D eigenvalue weighted by atomic mass is 10.3. The highest BCUT2D eigenvalue weighted by Crippen LogP contribution is 2.19. The summed E-state index contributed by atoms with van der Waals surface area (Å²) in [7, 11) is 0. The topological polar surface area (TPSA) is 54.0 Å². The number of hydrogen-bond acceptors (Lipinski definition) is 6. The molecule has 1 atom stereocenters. The third-order valence-corrected chi connectivity index (χ3v) is 2.80. The van der Waals surface area contributed by atoms with Crippen molar-refractivity contribution in [3.63, 3.8) is 0 Å². The van der Waals surface area contributed by atoms with E-state index in [-0.39, 0.29) is 0 Å². The molecule has 0 amide bonds. The van der Waals surface area contributed by atoms with Crippen molar-refractivity contribution in [1.29, 1.82) is 0 Å². The molecule has 1 N–H and O–H groups in total. The Morgan fingerprint density at radius 2 is 2.05 bits per heavy atom. The van der Waals surface area contributed by atoms with Crippen molar-refractivity contribution >= 4 is 23.3 Å². The van der Waals surface area contributed by atoms with E-state index >= 15 is 0 Å². The van der Waals surface area contributed by atoms with Gasteiger partial charge in [-0.25, -0.2) is 9.63 Å². The molecule has 0 radical (unpaired) electrons. The standard InChI is InChI=1S/C13H16ClN3O3/c1-3-19-13(18)10(2)20-17-9-8-16(15-17)12-6-4-11(14)5-7-12/h4-10,15H,3H2,1-2H3. The van der Waals surface area contributed by atoms with Crippen LogP contribution in [0.1, 0.15) is 13.8 Å². The van der Waals surface area contributed by atoms with Crippen LogP contribution in [0.3, 0.4) is 0 Å². The summed E-state index contributed by atoms with van der Waals surface area (Å²) in [4.78, 5) is 16.9. The fourth-order valence-electron chi connectivity index (χ4n) is 1.58. The quantitative estimate of drug-likeness (QED) is 0.841. The Labute approximate surface area is 122 Å². The first-order chi connectivity index (χ1) is 9.60. The van der Waals surface area contributed by atoms with Crippen molar-refractivity contribution in [3.05, 3.63) is 41.7 Å². The minimum Gasteiger partial charge on any atom is -0.464 e. The largest absolute Gasteiger partial charge is 0.464 e. The monoisotopic (exact) mass is 297 g/mol. The van der Waals surface area contributed by atoms with Crippen LogP contribution in [-0.2, 0) is 14.4 Å². The van der Waals surface area contributed by atoms with Gasteiger partial charge in [-0.3, -0.25) is 5.01 Å². The second kappa shape index (κ2) is 6.60. The molecule has 2 rings (SSSR count). The summed E-state index contributed by atoms with van der Waals surface area (Å²) in [6, 6.07) is 7.30. The van der Waals surface area contributed by atoms with Crippen LogP contribution in [0.2, 0.25) is 5.02 Å². The van der Waals surface area contributed by atoms with Gasteiger partial charge < -0.3 is 4.74 Å². The van der Waals surface area contributed by atoms with Gasteiger partial charge in [-0.2, -0.15) is 5.17 Å². The molecule has 0 aliphatic carbocycles. The highest BCUT2D eigenvalue weighted by atomic mass is 35.5. The van der Waals surface area contributed by atoms with Crippen LogP contribution < -0.4 is 10.5 Å². The predicted molar refractivity (Wildman–Crippen MR) is 75.2 cm³/mol. The van der Waals surface area contributed by atoms with E-state index in [4.69, 9.17) is 21.2 Å². The molecule has 1 aromatic carbocycles. The first-order valence-electron chi connectivity index (χ1n) is 6.22. The second-order valence-corrected chi connectivity index (χ2v) is 4.51. The zero-order chi connectivity index (χ0) is 14.5. The average Bonchev–Trinajstić information content (AvgIpc) is 2.88. The third kappa shape index (κ3) is 3.63. The van der Waals surface area contributed by atoms with Crippen LogP contribution in [0, 0.1) is 0 Å². The second-order valence-electron chi connectivity index (χ2n) is 4.07.